The zero-order valence-electron chi connectivity index (χ0n) is 8.20. The monoisotopic (exact) mass is 259 g/mol. The van der Waals surface area contributed by atoms with Crippen molar-refractivity contribution in [2.75, 3.05) is 5.73 Å². The van der Waals surface area contributed by atoms with E-state index in [1.165, 1.54) is 17.4 Å². The van der Waals surface area contributed by atoms with Crippen LogP contribution >= 0.6 is 23.1 Å². The van der Waals surface area contributed by atoms with Crippen molar-refractivity contribution in [1.82, 2.24) is 10.2 Å². The SMILES string of the molecule is Cc1nnc(Sc2cc(F)cc(F)c2N)s1. The van der Waals surface area contributed by atoms with E-state index in [4.69, 9.17) is 5.73 Å². The Morgan fingerprint density at radius 3 is 2.69 bits per heavy atom. The Hall–Kier alpha value is -1.21. The Labute approximate surface area is 98.7 Å². The molecule has 1 heterocycles. The first kappa shape index (κ1) is 11.3. The average Bonchev–Trinajstić information content (AvgIpc) is 2.60. The number of nitrogen functional groups attached to an aromatic ring is 1. The molecule has 0 atom stereocenters. The lowest BCUT2D eigenvalue weighted by atomic mass is 10.3. The smallest absolute Gasteiger partial charge is 0.179 e. The van der Waals surface area contributed by atoms with E-state index < -0.39 is 11.6 Å². The highest BCUT2D eigenvalue weighted by Gasteiger charge is 2.11. The van der Waals surface area contributed by atoms with Crippen molar-refractivity contribution in [1.29, 1.82) is 0 Å². The van der Waals surface area contributed by atoms with Crippen LogP contribution in [0.1, 0.15) is 5.01 Å². The number of benzene rings is 1. The molecule has 0 spiro atoms. The van der Waals surface area contributed by atoms with Gasteiger partial charge in [0.2, 0.25) is 0 Å². The molecule has 0 aliphatic rings. The number of nitrogens with two attached hydrogens (primary N) is 1. The fourth-order valence-electron chi connectivity index (χ4n) is 1.06. The van der Waals surface area contributed by atoms with Crippen LogP contribution in [-0.4, -0.2) is 10.2 Å². The number of nitrogens with zero attached hydrogens (tertiary/aromatic N) is 2. The van der Waals surface area contributed by atoms with E-state index in [0.29, 0.717) is 9.24 Å². The van der Waals surface area contributed by atoms with Gasteiger partial charge >= 0.3 is 0 Å². The van der Waals surface area contributed by atoms with Crippen LogP contribution in [0.15, 0.2) is 21.4 Å². The van der Waals surface area contributed by atoms with Gasteiger partial charge in [0.05, 0.1) is 5.69 Å². The lowest BCUT2D eigenvalue weighted by molar-refractivity contribution is 0.581. The first-order valence-corrected chi connectivity index (χ1v) is 5.92. The molecule has 0 radical (unpaired) electrons. The summed E-state index contributed by atoms with van der Waals surface area (Å²) in [6, 6.07) is 1.94. The summed E-state index contributed by atoms with van der Waals surface area (Å²) in [5.41, 5.74) is 5.43. The molecule has 16 heavy (non-hydrogen) atoms. The van der Waals surface area contributed by atoms with Crippen LogP contribution in [0.25, 0.3) is 0 Å². The van der Waals surface area contributed by atoms with Crippen LogP contribution < -0.4 is 5.73 Å². The zero-order chi connectivity index (χ0) is 11.7. The highest BCUT2D eigenvalue weighted by atomic mass is 32.2. The molecule has 0 aliphatic heterocycles. The van der Waals surface area contributed by atoms with Gasteiger partial charge in [0.25, 0.3) is 0 Å². The molecule has 3 nitrogen and oxygen atoms in total. The summed E-state index contributed by atoms with van der Waals surface area (Å²) in [6.07, 6.45) is 0. The molecule has 0 bridgehead atoms. The molecular weight excluding hydrogens is 252 g/mol. The van der Waals surface area contributed by atoms with Gasteiger partial charge in [-0.2, -0.15) is 0 Å². The number of anilines is 1. The van der Waals surface area contributed by atoms with Crippen LogP contribution in [0.2, 0.25) is 0 Å². The van der Waals surface area contributed by atoms with Crippen LogP contribution in [-0.2, 0) is 0 Å². The molecule has 2 aromatic rings. The predicted octanol–water partition coefficient (Wildman–Crippen LogP) is 2.86. The molecule has 0 fully saturated rings. The number of aromatic nitrogens is 2. The molecule has 0 unspecified atom stereocenters. The molecule has 0 saturated heterocycles. The van der Waals surface area contributed by atoms with Crippen LogP contribution in [0.5, 0.6) is 0 Å². The van der Waals surface area contributed by atoms with Gasteiger partial charge in [-0.1, -0.05) is 23.1 Å². The number of halogens is 2. The fourth-order valence-corrected chi connectivity index (χ4v) is 2.92. The standard InChI is InChI=1S/C9H7F2N3S2/c1-4-13-14-9(15-4)16-7-3-5(10)2-6(11)8(7)12/h2-3H,12H2,1H3. The minimum absolute atomic E-state index is 0.0701. The quantitative estimate of drug-likeness (QED) is 0.843. The highest BCUT2D eigenvalue weighted by Crippen LogP contribution is 2.35. The van der Waals surface area contributed by atoms with Crippen molar-refractivity contribution in [3.05, 3.63) is 28.8 Å². The second kappa shape index (κ2) is 4.34. The van der Waals surface area contributed by atoms with E-state index in [2.05, 4.69) is 10.2 Å². The lowest BCUT2D eigenvalue weighted by Crippen LogP contribution is -1.94. The maximum absolute atomic E-state index is 13.1. The summed E-state index contributed by atoms with van der Waals surface area (Å²) >= 11 is 2.45. The molecule has 1 aromatic carbocycles. The third-order valence-electron chi connectivity index (χ3n) is 1.76. The molecule has 84 valence electrons. The van der Waals surface area contributed by atoms with E-state index in [9.17, 15) is 8.78 Å². The fraction of sp³-hybridized carbons (Fsp3) is 0.111. The summed E-state index contributed by atoms with van der Waals surface area (Å²) < 4.78 is 26.7. The Balaban J connectivity index is 2.34. The molecule has 2 N–H and O–H groups in total. The molecule has 2 rings (SSSR count). The predicted molar refractivity (Wildman–Crippen MR) is 59.5 cm³/mol. The average molecular weight is 259 g/mol. The normalized spacial score (nSPS) is 10.7. The molecule has 1 aromatic heterocycles. The van der Waals surface area contributed by atoms with Crippen molar-refractivity contribution < 1.29 is 8.78 Å². The topological polar surface area (TPSA) is 51.8 Å². The Kier molecular flexibility index (Phi) is 3.06. The third kappa shape index (κ3) is 2.30. The van der Waals surface area contributed by atoms with Crippen LogP contribution in [0, 0.1) is 18.6 Å². The Bertz CT molecular complexity index is 527. The van der Waals surface area contributed by atoms with Crippen LogP contribution in [0.3, 0.4) is 0 Å². The second-order valence-corrected chi connectivity index (χ2v) is 5.46. The molecular formula is C9H7F2N3S2. The van der Waals surface area contributed by atoms with E-state index in [1.807, 2.05) is 0 Å². The summed E-state index contributed by atoms with van der Waals surface area (Å²) in [4.78, 5) is 0.314. The number of rotatable bonds is 2. The first-order valence-electron chi connectivity index (χ1n) is 4.29. The summed E-state index contributed by atoms with van der Waals surface area (Å²) in [5, 5.41) is 8.44. The second-order valence-electron chi connectivity index (χ2n) is 2.99. The number of aryl methyl sites for hydroxylation is 1. The van der Waals surface area contributed by atoms with Gasteiger partial charge in [-0.15, -0.1) is 10.2 Å². The molecule has 0 saturated carbocycles. The van der Waals surface area contributed by atoms with Gasteiger partial charge in [0.15, 0.2) is 4.34 Å². The summed E-state index contributed by atoms with van der Waals surface area (Å²) in [7, 11) is 0. The van der Waals surface area contributed by atoms with E-state index in [-0.39, 0.29) is 5.69 Å². The Morgan fingerprint density at radius 2 is 2.06 bits per heavy atom. The summed E-state index contributed by atoms with van der Waals surface area (Å²) in [5.74, 6) is -1.42. The highest BCUT2D eigenvalue weighted by molar-refractivity contribution is 8.01. The maximum Gasteiger partial charge on any atom is 0.179 e. The van der Waals surface area contributed by atoms with Gasteiger partial charge in [-0.05, 0) is 13.0 Å². The molecule has 7 heteroatoms. The van der Waals surface area contributed by atoms with Crippen molar-refractivity contribution in [2.45, 2.75) is 16.2 Å². The van der Waals surface area contributed by atoms with Gasteiger partial charge in [0, 0.05) is 11.0 Å². The molecule has 0 amide bonds. The van der Waals surface area contributed by atoms with Gasteiger partial charge in [-0.25, -0.2) is 8.78 Å². The van der Waals surface area contributed by atoms with Crippen molar-refractivity contribution in [3.63, 3.8) is 0 Å². The van der Waals surface area contributed by atoms with Gasteiger partial charge < -0.3 is 5.73 Å². The lowest BCUT2D eigenvalue weighted by Gasteiger charge is -2.03. The van der Waals surface area contributed by atoms with Crippen molar-refractivity contribution >= 4 is 28.8 Å². The molecule has 0 aliphatic carbocycles. The van der Waals surface area contributed by atoms with Gasteiger partial charge in [-0.3, -0.25) is 0 Å². The van der Waals surface area contributed by atoms with E-state index >= 15 is 0 Å². The maximum atomic E-state index is 13.1. The van der Waals surface area contributed by atoms with E-state index in [1.54, 1.807) is 6.92 Å². The Morgan fingerprint density at radius 1 is 1.31 bits per heavy atom. The van der Waals surface area contributed by atoms with Crippen molar-refractivity contribution in [3.8, 4) is 0 Å². The minimum atomic E-state index is -0.760. The zero-order valence-corrected chi connectivity index (χ0v) is 9.83. The first-order chi connectivity index (χ1) is 7.56. The third-order valence-corrected chi connectivity index (χ3v) is 3.71. The van der Waals surface area contributed by atoms with Crippen molar-refractivity contribution in [2.24, 2.45) is 0 Å². The van der Waals surface area contributed by atoms with Gasteiger partial charge in [0.1, 0.15) is 16.6 Å². The van der Waals surface area contributed by atoms with E-state index in [0.717, 1.165) is 22.8 Å². The minimum Gasteiger partial charge on any atom is -0.395 e. The largest absolute Gasteiger partial charge is 0.395 e. The summed E-state index contributed by atoms with van der Waals surface area (Å²) in [6.45, 7) is 1.80. The number of hydrogen-bond donors (Lipinski definition) is 1. The number of hydrogen-bond acceptors (Lipinski definition) is 5. The van der Waals surface area contributed by atoms with Crippen LogP contribution in [0.4, 0.5) is 14.5 Å².